The molecule has 0 aromatic heterocycles. The molecule has 2 aliphatic rings. The van der Waals surface area contributed by atoms with Crippen molar-refractivity contribution in [3.05, 3.63) is 77.1 Å². The van der Waals surface area contributed by atoms with Gasteiger partial charge in [-0.3, -0.25) is 9.59 Å². The molecular formula is C23H14O8. The SMILES string of the molecule is CC(=O)OC1=C(C(=O)O)C2(Oc3cccc4cccc(c34)O2)c2cccc(O)c2C1=O. The van der Waals surface area contributed by atoms with Crippen LogP contribution in [0.2, 0.25) is 0 Å². The van der Waals surface area contributed by atoms with Crippen LogP contribution in [0, 0.1) is 0 Å². The summed E-state index contributed by atoms with van der Waals surface area (Å²) >= 11 is 0. The van der Waals surface area contributed by atoms with Crippen molar-refractivity contribution in [3.8, 4) is 17.2 Å². The van der Waals surface area contributed by atoms with E-state index in [9.17, 15) is 24.6 Å². The van der Waals surface area contributed by atoms with Gasteiger partial charge in [-0.2, -0.15) is 0 Å². The summed E-state index contributed by atoms with van der Waals surface area (Å²) in [5.74, 6) is -6.22. The van der Waals surface area contributed by atoms with Crippen molar-refractivity contribution >= 4 is 28.5 Å². The molecule has 0 bridgehead atoms. The van der Waals surface area contributed by atoms with E-state index in [0.29, 0.717) is 16.9 Å². The number of phenols is 1. The first-order valence-corrected chi connectivity index (χ1v) is 9.27. The number of carbonyl (C=O) groups excluding carboxylic acids is 2. The van der Waals surface area contributed by atoms with Crippen molar-refractivity contribution in [1.82, 2.24) is 0 Å². The smallest absolute Gasteiger partial charge is 0.343 e. The van der Waals surface area contributed by atoms with Crippen LogP contribution >= 0.6 is 0 Å². The average molecular weight is 418 g/mol. The fourth-order valence-corrected chi connectivity index (χ4v) is 4.03. The third-order valence-electron chi connectivity index (χ3n) is 5.18. The molecule has 1 aliphatic heterocycles. The van der Waals surface area contributed by atoms with Crippen LogP contribution in [0.1, 0.15) is 22.8 Å². The molecule has 0 atom stereocenters. The van der Waals surface area contributed by atoms with E-state index in [1.54, 1.807) is 24.3 Å². The second kappa shape index (κ2) is 6.33. The van der Waals surface area contributed by atoms with Gasteiger partial charge in [0.05, 0.1) is 16.5 Å². The van der Waals surface area contributed by atoms with E-state index in [2.05, 4.69) is 0 Å². The maximum Gasteiger partial charge on any atom is 0.343 e. The van der Waals surface area contributed by atoms with Crippen LogP contribution in [-0.2, 0) is 20.1 Å². The second-order valence-electron chi connectivity index (χ2n) is 7.06. The number of fused-ring (bicyclic) bond motifs is 2. The summed E-state index contributed by atoms with van der Waals surface area (Å²) in [5, 5.41) is 21.9. The maximum atomic E-state index is 13.1. The Morgan fingerprint density at radius 2 is 1.58 bits per heavy atom. The van der Waals surface area contributed by atoms with Gasteiger partial charge in [0.2, 0.25) is 5.78 Å². The second-order valence-corrected chi connectivity index (χ2v) is 7.06. The minimum Gasteiger partial charge on any atom is -0.507 e. The van der Waals surface area contributed by atoms with Gasteiger partial charge in [0.25, 0.3) is 0 Å². The number of hydrogen-bond acceptors (Lipinski definition) is 7. The Kier molecular flexibility index (Phi) is 3.82. The van der Waals surface area contributed by atoms with E-state index in [-0.39, 0.29) is 11.1 Å². The summed E-state index contributed by atoms with van der Waals surface area (Å²) in [6.07, 6.45) is 0. The number of allylic oxidation sites excluding steroid dienone is 1. The third kappa shape index (κ3) is 2.51. The Hall–Kier alpha value is -4.33. The first kappa shape index (κ1) is 18.7. The van der Waals surface area contributed by atoms with Crippen molar-refractivity contribution < 1.29 is 38.8 Å². The number of carbonyl (C=O) groups is 3. The number of aliphatic carboxylic acids is 1. The van der Waals surface area contributed by atoms with E-state index in [4.69, 9.17) is 14.2 Å². The van der Waals surface area contributed by atoms with Crippen molar-refractivity contribution in [1.29, 1.82) is 0 Å². The third-order valence-corrected chi connectivity index (χ3v) is 5.18. The molecule has 2 N–H and O–H groups in total. The van der Waals surface area contributed by atoms with Gasteiger partial charge in [-0.15, -0.1) is 0 Å². The molecule has 0 saturated heterocycles. The number of hydrogen-bond donors (Lipinski definition) is 2. The molecule has 8 nitrogen and oxygen atoms in total. The Morgan fingerprint density at radius 3 is 2.16 bits per heavy atom. The number of carboxylic acid groups (broad SMARTS) is 1. The molecule has 0 saturated carbocycles. The molecule has 3 aromatic rings. The summed E-state index contributed by atoms with van der Waals surface area (Å²) in [6.45, 7) is 1.03. The van der Waals surface area contributed by atoms with Crippen LogP contribution in [0.4, 0.5) is 0 Å². The number of Topliss-reactive ketones (excluding diaryl/α,β-unsaturated/α-hetero) is 1. The van der Waals surface area contributed by atoms with Gasteiger partial charge in [-0.05, 0) is 29.7 Å². The van der Waals surface area contributed by atoms with Crippen LogP contribution in [0.3, 0.4) is 0 Å². The quantitative estimate of drug-likeness (QED) is 0.609. The number of rotatable bonds is 2. The predicted octanol–water partition coefficient (Wildman–Crippen LogP) is 3.27. The molecule has 5 rings (SSSR count). The van der Waals surface area contributed by atoms with E-state index in [0.717, 1.165) is 12.3 Å². The molecule has 1 spiro atoms. The van der Waals surface area contributed by atoms with Gasteiger partial charge < -0.3 is 24.4 Å². The lowest BCUT2D eigenvalue weighted by Gasteiger charge is -2.41. The number of aromatic hydroxyl groups is 1. The van der Waals surface area contributed by atoms with Gasteiger partial charge in [0.15, 0.2) is 11.3 Å². The zero-order valence-corrected chi connectivity index (χ0v) is 16.0. The molecule has 1 heterocycles. The number of benzene rings is 3. The maximum absolute atomic E-state index is 13.1. The fraction of sp³-hybridized carbons (Fsp3) is 0.0870. The highest BCUT2D eigenvalue weighted by atomic mass is 16.7. The highest BCUT2D eigenvalue weighted by Gasteiger charge is 2.57. The molecule has 0 unspecified atom stereocenters. The number of ether oxygens (including phenoxy) is 3. The molecule has 154 valence electrons. The first-order chi connectivity index (χ1) is 14.8. The van der Waals surface area contributed by atoms with Crippen LogP contribution in [0.25, 0.3) is 10.8 Å². The Morgan fingerprint density at radius 1 is 0.968 bits per heavy atom. The van der Waals surface area contributed by atoms with Gasteiger partial charge in [-0.1, -0.05) is 30.3 Å². The van der Waals surface area contributed by atoms with E-state index >= 15 is 0 Å². The molecular weight excluding hydrogens is 404 g/mol. The highest BCUT2D eigenvalue weighted by molar-refractivity contribution is 6.17. The molecule has 0 fully saturated rings. The highest BCUT2D eigenvalue weighted by Crippen LogP contribution is 2.52. The topological polar surface area (TPSA) is 119 Å². The van der Waals surface area contributed by atoms with Crippen molar-refractivity contribution in [2.45, 2.75) is 12.7 Å². The van der Waals surface area contributed by atoms with Gasteiger partial charge in [0, 0.05) is 6.92 Å². The van der Waals surface area contributed by atoms with Crippen LogP contribution in [0.5, 0.6) is 17.2 Å². The average Bonchev–Trinajstić information content (AvgIpc) is 2.71. The molecule has 0 radical (unpaired) electrons. The Balaban J connectivity index is 1.88. The lowest BCUT2D eigenvalue weighted by Crippen LogP contribution is -2.50. The fourth-order valence-electron chi connectivity index (χ4n) is 4.03. The van der Waals surface area contributed by atoms with E-state index < -0.39 is 40.6 Å². The summed E-state index contributed by atoms with van der Waals surface area (Å²) < 4.78 is 17.3. The lowest BCUT2D eigenvalue weighted by molar-refractivity contribution is -0.147. The Labute approximate surface area is 174 Å². The van der Waals surface area contributed by atoms with Crippen molar-refractivity contribution in [2.24, 2.45) is 0 Å². The molecule has 1 aliphatic carbocycles. The van der Waals surface area contributed by atoms with Crippen LogP contribution in [-0.4, -0.2) is 27.9 Å². The zero-order chi connectivity index (χ0) is 21.9. The summed E-state index contributed by atoms with van der Waals surface area (Å²) in [5.41, 5.74) is -0.982. The molecule has 0 amide bonds. The molecule has 3 aromatic carbocycles. The largest absolute Gasteiger partial charge is 0.507 e. The van der Waals surface area contributed by atoms with Gasteiger partial charge in [-0.25, -0.2) is 4.79 Å². The summed E-state index contributed by atoms with van der Waals surface area (Å²) in [6, 6.07) is 14.6. The normalized spacial score (nSPS) is 15.8. The summed E-state index contributed by atoms with van der Waals surface area (Å²) in [7, 11) is 0. The van der Waals surface area contributed by atoms with Gasteiger partial charge >= 0.3 is 17.7 Å². The van der Waals surface area contributed by atoms with Crippen molar-refractivity contribution in [3.63, 3.8) is 0 Å². The minimum atomic E-state index is -2.18. The number of esters is 1. The standard InChI is InChI=1S/C23H14O8/c1-11(24)29-21-19(22(27)28)23(13-7-4-8-14(25)18(13)20(21)26)30-15-9-2-5-12-6-3-10-16(31-23)17(12)15/h2-10,25H,1H3,(H,27,28). The minimum absolute atomic E-state index is 0.0164. The molecule has 31 heavy (non-hydrogen) atoms. The lowest BCUT2D eigenvalue weighted by atomic mass is 9.82. The predicted molar refractivity (Wildman–Crippen MR) is 106 cm³/mol. The number of phenolic OH excluding ortho intramolecular Hbond substituents is 1. The van der Waals surface area contributed by atoms with E-state index in [1.165, 1.54) is 18.2 Å². The Bertz CT molecular complexity index is 1310. The van der Waals surface area contributed by atoms with Crippen LogP contribution < -0.4 is 9.47 Å². The first-order valence-electron chi connectivity index (χ1n) is 9.27. The van der Waals surface area contributed by atoms with Crippen LogP contribution in [0.15, 0.2) is 65.9 Å². The number of ketones is 1. The molecule has 8 heteroatoms. The van der Waals surface area contributed by atoms with Gasteiger partial charge in [0.1, 0.15) is 17.2 Å². The zero-order valence-electron chi connectivity index (χ0n) is 16.0. The number of carboxylic acids is 1. The van der Waals surface area contributed by atoms with E-state index in [1.807, 2.05) is 12.1 Å². The monoisotopic (exact) mass is 418 g/mol. The summed E-state index contributed by atoms with van der Waals surface area (Å²) in [4.78, 5) is 37.2. The van der Waals surface area contributed by atoms with Crippen molar-refractivity contribution in [2.75, 3.05) is 0 Å².